The highest BCUT2D eigenvalue weighted by Gasteiger charge is 2.24. The minimum atomic E-state index is -1.12. The number of aliphatic carboxylic acids is 1. The van der Waals surface area contributed by atoms with Crippen molar-refractivity contribution in [3.8, 4) is 0 Å². The summed E-state index contributed by atoms with van der Waals surface area (Å²) >= 11 is 0. The van der Waals surface area contributed by atoms with Crippen LogP contribution in [0.15, 0.2) is 65.7 Å². The number of benzene rings is 2. The first-order valence-electron chi connectivity index (χ1n) is 8.48. The Labute approximate surface area is 157 Å². The van der Waals surface area contributed by atoms with Crippen molar-refractivity contribution in [1.29, 1.82) is 0 Å². The monoisotopic (exact) mass is 369 g/mol. The van der Waals surface area contributed by atoms with Crippen LogP contribution in [-0.4, -0.2) is 35.7 Å². The molecule has 0 bridgehead atoms. The average molecular weight is 369 g/mol. The van der Waals surface area contributed by atoms with Crippen molar-refractivity contribution < 1.29 is 14.7 Å². The van der Waals surface area contributed by atoms with E-state index >= 15 is 0 Å². The molecule has 0 aromatic heterocycles. The summed E-state index contributed by atoms with van der Waals surface area (Å²) in [7, 11) is 0. The van der Waals surface area contributed by atoms with Crippen LogP contribution < -0.4 is 21.7 Å². The van der Waals surface area contributed by atoms with Crippen molar-refractivity contribution in [2.24, 2.45) is 16.5 Å². The lowest BCUT2D eigenvalue weighted by atomic mass is 10.1. The highest BCUT2D eigenvalue weighted by atomic mass is 16.4. The standard InChI is InChI=1S/C19H23N5O3/c20-18(21)22-13-7-12-16(17(25)26)23-19(27)24(14-8-3-1-4-9-14)15-10-5-2-6-11-15/h1-6,8-11,16H,7,12-13H2,(H,23,27)(H,25,26)(H4,20,21,22)/t16-/m0/s1. The van der Waals surface area contributed by atoms with Crippen LogP contribution in [0.1, 0.15) is 12.8 Å². The van der Waals surface area contributed by atoms with Crippen LogP contribution in [0.5, 0.6) is 0 Å². The summed E-state index contributed by atoms with van der Waals surface area (Å²) in [5.74, 6) is -1.17. The molecule has 0 aliphatic heterocycles. The molecule has 0 aliphatic rings. The average Bonchev–Trinajstić information content (AvgIpc) is 2.66. The van der Waals surface area contributed by atoms with E-state index in [9.17, 15) is 14.7 Å². The molecule has 142 valence electrons. The molecule has 2 amide bonds. The molecule has 0 aliphatic carbocycles. The number of hydrogen-bond acceptors (Lipinski definition) is 3. The van der Waals surface area contributed by atoms with Crippen LogP contribution in [0.3, 0.4) is 0 Å². The van der Waals surface area contributed by atoms with Crippen LogP contribution >= 0.6 is 0 Å². The van der Waals surface area contributed by atoms with Gasteiger partial charge in [0.2, 0.25) is 0 Å². The molecule has 6 N–H and O–H groups in total. The number of anilines is 2. The van der Waals surface area contributed by atoms with E-state index in [2.05, 4.69) is 10.3 Å². The first-order valence-corrected chi connectivity index (χ1v) is 8.48. The van der Waals surface area contributed by atoms with E-state index in [0.29, 0.717) is 24.3 Å². The summed E-state index contributed by atoms with van der Waals surface area (Å²) in [5.41, 5.74) is 11.8. The number of carbonyl (C=O) groups excluding carboxylic acids is 1. The molecule has 2 aromatic rings. The summed E-state index contributed by atoms with van der Waals surface area (Å²) < 4.78 is 0. The van der Waals surface area contributed by atoms with Crippen molar-refractivity contribution in [3.63, 3.8) is 0 Å². The fraction of sp³-hybridized carbons (Fsp3) is 0.211. The number of hydrogen-bond donors (Lipinski definition) is 4. The number of carboxylic acids is 1. The quantitative estimate of drug-likeness (QED) is 0.321. The summed E-state index contributed by atoms with van der Waals surface area (Å²) in [6.45, 7) is 0.295. The number of para-hydroxylation sites is 2. The summed E-state index contributed by atoms with van der Waals surface area (Å²) in [6, 6.07) is 16.5. The molecule has 0 fully saturated rings. The maximum Gasteiger partial charge on any atom is 0.327 e. The fourth-order valence-electron chi connectivity index (χ4n) is 2.51. The number of nitrogens with two attached hydrogens (primary N) is 2. The van der Waals surface area contributed by atoms with E-state index in [1.165, 1.54) is 4.90 Å². The Kier molecular flexibility index (Phi) is 7.18. The Morgan fingerprint density at radius 3 is 1.96 bits per heavy atom. The van der Waals surface area contributed by atoms with E-state index in [-0.39, 0.29) is 12.4 Å². The summed E-state index contributed by atoms with van der Waals surface area (Å²) in [4.78, 5) is 29.7. The van der Waals surface area contributed by atoms with Crippen molar-refractivity contribution in [2.45, 2.75) is 18.9 Å². The molecule has 1 atom stereocenters. The van der Waals surface area contributed by atoms with Gasteiger partial charge in [0, 0.05) is 6.54 Å². The Balaban J connectivity index is 2.16. The summed E-state index contributed by atoms with van der Waals surface area (Å²) in [6.07, 6.45) is 0.626. The number of nitrogens with zero attached hydrogens (tertiary/aromatic N) is 2. The van der Waals surface area contributed by atoms with Gasteiger partial charge in [0.15, 0.2) is 5.96 Å². The zero-order valence-electron chi connectivity index (χ0n) is 14.8. The first-order chi connectivity index (χ1) is 13.0. The lowest BCUT2D eigenvalue weighted by molar-refractivity contribution is -0.139. The van der Waals surface area contributed by atoms with Crippen molar-refractivity contribution >= 4 is 29.3 Å². The molecular formula is C19H23N5O3. The van der Waals surface area contributed by atoms with Gasteiger partial charge in [-0.05, 0) is 37.1 Å². The minimum Gasteiger partial charge on any atom is -0.480 e. The molecule has 2 aromatic carbocycles. The largest absolute Gasteiger partial charge is 0.480 e. The molecule has 0 spiro atoms. The smallest absolute Gasteiger partial charge is 0.327 e. The van der Waals surface area contributed by atoms with Gasteiger partial charge < -0.3 is 21.9 Å². The van der Waals surface area contributed by atoms with Crippen LogP contribution in [0.4, 0.5) is 16.2 Å². The van der Waals surface area contributed by atoms with Crippen LogP contribution in [-0.2, 0) is 4.79 Å². The zero-order chi connectivity index (χ0) is 19.6. The van der Waals surface area contributed by atoms with Gasteiger partial charge in [0.05, 0.1) is 11.4 Å². The van der Waals surface area contributed by atoms with E-state index in [1.54, 1.807) is 24.3 Å². The topological polar surface area (TPSA) is 134 Å². The molecule has 0 heterocycles. The molecule has 2 rings (SSSR count). The number of urea groups is 1. The van der Waals surface area contributed by atoms with Gasteiger partial charge in [0.25, 0.3) is 0 Å². The minimum absolute atomic E-state index is 0.0507. The highest BCUT2D eigenvalue weighted by Crippen LogP contribution is 2.25. The molecule has 8 nitrogen and oxygen atoms in total. The van der Waals surface area contributed by atoms with Gasteiger partial charge in [-0.2, -0.15) is 0 Å². The maximum atomic E-state index is 12.9. The van der Waals surface area contributed by atoms with Gasteiger partial charge in [-0.1, -0.05) is 36.4 Å². The fourth-order valence-corrected chi connectivity index (χ4v) is 2.51. The third kappa shape index (κ3) is 6.03. The normalized spacial score (nSPS) is 11.3. The van der Waals surface area contributed by atoms with Crippen molar-refractivity contribution in [3.05, 3.63) is 60.7 Å². The van der Waals surface area contributed by atoms with Gasteiger partial charge in [0.1, 0.15) is 6.04 Å². The van der Waals surface area contributed by atoms with Gasteiger partial charge in [-0.15, -0.1) is 0 Å². The van der Waals surface area contributed by atoms with Crippen LogP contribution in [0.25, 0.3) is 0 Å². The Bertz CT molecular complexity index is 737. The van der Waals surface area contributed by atoms with Crippen LogP contribution in [0, 0.1) is 0 Å². The zero-order valence-corrected chi connectivity index (χ0v) is 14.8. The Morgan fingerprint density at radius 1 is 1.00 bits per heavy atom. The number of amides is 2. The molecule has 27 heavy (non-hydrogen) atoms. The number of nitrogens with one attached hydrogen (secondary N) is 1. The lowest BCUT2D eigenvalue weighted by Crippen LogP contribution is -2.46. The SMILES string of the molecule is NC(N)=NCCC[C@H](NC(=O)N(c1ccccc1)c1ccccc1)C(=O)O. The number of carbonyl (C=O) groups is 2. The molecule has 8 heteroatoms. The Morgan fingerprint density at radius 2 is 1.52 bits per heavy atom. The van der Waals surface area contributed by atoms with Gasteiger partial charge >= 0.3 is 12.0 Å². The molecule has 0 saturated carbocycles. The molecule has 0 radical (unpaired) electrons. The number of aliphatic imine (C=N–C) groups is 1. The van der Waals surface area contributed by atoms with E-state index < -0.39 is 18.0 Å². The van der Waals surface area contributed by atoms with Crippen LogP contribution in [0.2, 0.25) is 0 Å². The third-order valence-corrected chi connectivity index (χ3v) is 3.77. The molecular weight excluding hydrogens is 346 g/mol. The highest BCUT2D eigenvalue weighted by molar-refractivity contribution is 6.00. The maximum absolute atomic E-state index is 12.9. The third-order valence-electron chi connectivity index (χ3n) is 3.77. The number of rotatable bonds is 8. The van der Waals surface area contributed by atoms with Crippen molar-refractivity contribution in [1.82, 2.24) is 5.32 Å². The second-order valence-corrected chi connectivity index (χ2v) is 5.80. The second kappa shape index (κ2) is 9.81. The summed E-state index contributed by atoms with van der Waals surface area (Å²) in [5, 5.41) is 12.0. The van der Waals surface area contributed by atoms with E-state index in [0.717, 1.165) is 0 Å². The van der Waals surface area contributed by atoms with E-state index in [4.69, 9.17) is 11.5 Å². The number of guanidine groups is 1. The van der Waals surface area contributed by atoms with Gasteiger partial charge in [-0.25, -0.2) is 9.59 Å². The van der Waals surface area contributed by atoms with Gasteiger partial charge in [-0.3, -0.25) is 9.89 Å². The molecule has 0 saturated heterocycles. The van der Waals surface area contributed by atoms with E-state index in [1.807, 2.05) is 36.4 Å². The van der Waals surface area contributed by atoms with Crippen molar-refractivity contribution in [2.75, 3.05) is 11.4 Å². The number of carboxylic acid groups (broad SMARTS) is 1. The first kappa shape index (κ1) is 19.8. The molecule has 0 unspecified atom stereocenters. The second-order valence-electron chi connectivity index (χ2n) is 5.80. The predicted octanol–water partition coefficient (Wildman–Crippen LogP) is 2.04. The lowest BCUT2D eigenvalue weighted by Gasteiger charge is -2.25. The predicted molar refractivity (Wildman–Crippen MR) is 105 cm³/mol. The Hall–Kier alpha value is -3.55.